The van der Waals surface area contributed by atoms with Gasteiger partial charge in [-0.15, -0.1) is 0 Å². The van der Waals surface area contributed by atoms with Gasteiger partial charge in [-0.05, 0) is 48.4 Å². The maximum Gasteiger partial charge on any atom is 0.242 e. The fourth-order valence-electron chi connectivity index (χ4n) is 3.97. The number of carbonyl (C=O) groups is 2. The summed E-state index contributed by atoms with van der Waals surface area (Å²) in [4.78, 5) is 27.3. The van der Waals surface area contributed by atoms with Crippen LogP contribution in [-0.4, -0.2) is 75.2 Å². The first-order valence-corrected chi connectivity index (χ1v) is 14.2. The summed E-state index contributed by atoms with van der Waals surface area (Å²) in [5, 5.41) is 11.0. The maximum absolute atomic E-state index is 13.0. The standard InChI is InChI=1S/C23H32N6O4S2/c1-34-19-13-21(23(31)26-11-5-4-10-25-16-27-24)29(15-19)22(30)14-28-35(32,33)20-9-8-17-6-2-3-7-18(17)12-20/h2-3,6-9,12,16,19,21,28H,4-5,10-11,13-15,24H2,1H3,(H,25,27)(H,26,31)/t19?,21-/m1/s1. The first kappa shape index (κ1) is 26.8. The highest BCUT2D eigenvalue weighted by Gasteiger charge is 2.39. The number of sulfonamides is 1. The second kappa shape index (κ2) is 12.8. The lowest BCUT2D eigenvalue weighted by Gasteiger charge is -2.24. The van der Waals surface area contributed by atoms with Crippen LogP contribution in [0.4, 0.5) is 0 Å². The van der Waals surface area contributed by atoms with E-state index in [0.29, 0.717) is 26.1 Å². The number of hydrogen-bond donors (Lipinski definition) is 4. The van der Waals surface area contributed by atoms with Crippen LogP contribution < -0.4 is 21.2 Å². The molecule has 190 valence electrons. The number of unbranched alkanes of at least 4 members (excludes halogenated alkanes) is 1. The SMILES string of the molecule is CSC1C[C@H](C(=O)NCCCCNC=NN)N(C(=O)CNS(=O)(=O)c2ccc3ccccc3c2)C1. The molecule has 1 aliphatic heterocycles. The molecule has 0 aromatic heterocycles. The molecule has 1 aliphatic rings. The topological polar surface area (TPSA) is 146 Å². The Morgan fingerprint density at radius 1 is 1.17 bits per heavy atom. The molecule has 5 N–H and O–H groups in total. The van der Waals surface area contributed by atoms with Crippen molar-refractivity contribution in [3.8, 4) is 0 Å². The molecule has 0 spiro atoms. The molecular formula is C23H32N6O4S2. The quantitative estimate of drug-likeness (QED) is 0.107. The van der Waals surface area contributed by atoms with Crippen molar-refractivity contribution in [1.82, 2.24) is 20.3 Å². The smallest absolute Gasteiger partial charge is 0.242 e. The van der Waals surface area contributed by atoms with Crippen molar-refractivity contribution < 1.29 is 18.0 Å². The van der Waals surface area contributed by atoms with Gasteiger partial charge in [-0.3, -0.25) is 9.59 Å². The van der Waals surface area contributed by atoms with Crippen LogP contribution in [0, 0.1) is 0 Å². The lowest BCUT2D eigenvalue weighted by atomic mass is 10.1. The number of nitrogens with zero attached hydrogens (tertiary/aromatic N) is 2. The summed E-state index contributed by atoms with van der Waals surface area (Å²) in [7, 11) is -3.89. The molecule has 3 rings (SSSR count). The van der Waals surface area contributed by atoms with Crippen LogP contribution in [0.25, 0.3) is 10.8 Å². The molecule has 0 bridgehead atoms. The summed E-state index contributed by atoms with van der Waals surface area (Å²) in [5.74, 6) is 4.37. The van der Waals surface area contributed by atoms with Gasteiger partial charge in [-0.2, -0.15) is 16.9 Å². The second-order valence-corrected chi connectivity index (χ2v) is 11.1. The molecule has 2 aromatic rings. The number of rotatable bonds is 12. The van der Waals surface area contributed by atoms with Gasteiger partial charge in [-0.25, -0.2) is 13.1 Å². The van der Waals surface area contributed by atoms with Crippen LogP contribution in [0.5, 0.6) is 0 Å². The number of fused-ring (bicyclic) bond motifs is 1. The highest BCUT2D eigenvalue weighted by molar-refractivity contribution is 7.99. The van der Waals surface area contributed by atoms with E-state index in [4.69, 9.17) is 5.84 Å². The minimum atomic E-state index is -3.89. The third-order valence-corrected chi connectivity index (χ3v) is 8.28. The number of benzene rings is 2. The van der Waals surface area contributed by atoms with Gasteiger partial charge in [0.2, 0.25) is 21.8 Å². The fourth-order valence-corrected chi connectivity index (χ4v) is 5.66. The molecule has 12 heteroatoms. The molecule has 2 amide bonds. The van der Waals surface area contributed by atoms with E-state index in [-0.39, 0.29) is 16.1 Å². The Hall–Kier alpha value is -2.83. The van der Waals surface area contributed by atoms with Crippen molar-refractivity contribution in [2.75, 3.05) is 32.4 Å². The first-order valence-electron chi connectivity index (χ1n) is 11.4. The Kier molecular flexibility index (Phi) is 9.75. The van der Waals surface area contributed by atoms with Crippen molar-refractivity contribution in [2.45, 2.75) is 35.4 Å². The number of nitrogens with two attached hydrogens (primary N) is 1. The van der Waals surface area contributed by atoms with E-state index >= 15 is 0 Å². The number of amides is 2. The van der Waals surface area contributed by atoms with Crippen molar-refractivity contribution in [3.05, 3.63) is 42.5 Å². The molecule has 1 fully saturated rings. The Morgan fingerprint density at radius 3 is 2.66 bits per heavy atom. The summed E-state index contributed by atoms with van der Waals surface area (Å²) in [6, 6.07) is 11.7. The number of likely N-dealkylation sites (tertiary alicyclic amines) is 1. The molecule has 35 heavy (non-hydrogen) atoms. The van der Waals surface area contributed by atoms with Crippen LogP contribution in [0.2, 0.25) is 0 Å². The Balaban J connectivity index is 1.56. The van der Waals surface area contributed by atoms with Gasteiger partial charge in [-0.1, -0.05) is 30.3 Å². The average Bonchev–Trinajstić information content (AvgIpc) is 3.31. The lowest BCUT2D eigenvalue weighted by Crippen LogP contribution is -2.49. The molecule has 0 aliphatic carbocycles. The minimum Gasteiger partial charge on any atom is -0.375 e. The minimum absolute atomic E-state index is 0.0916. The van der Waals surface area contributed by atoms with Crippen LogP contribution in [0.15, 0.2) is 52.5 Å². The predicted molar refractivity (Wildman–Crippen MR) is 139 cm³/mol. The summed E-state index contributed by atoms with van der Waals surface area (Å²) in [6.07, 6.45) is 5.47. The molecule has 1 saturated heterocycles. The van der Waals surface area contributed by atoms with Gasteiger partial charge in [0.15, 0.2) is 0 Å². The zero-order valence-corrected chi connectivity index (χ0v) is 21.3. The van der Waals surface area contributed by atoms with E-state index < -0.39 is 28.5 Å². The number of thioether (sulfide) groups is 1. The zero-order valence-electron chi connectivity index (χ0n) is 19.6. The highest BCUT2D eigenvalue weighted by Crippen LogP contribution is 2.26. The zero-order chi connectivity index (χ0) is 25.3. The van der Waals surface area contributed by atoms with E-state index in [1.54, 1.807) is 23.9 Å². The molecule has 0 radical (unpaired) electrons. The van der Waals surface area contributed by atoms with Crippen LogP contribution >= 0.6 is 11.8 Å². The van der Waals surface area contributed by atoms with Gasteiger partial charge in [0.1, 0.15) is 12.4 Å². The van der Waals surface area contributed by atoms with E-state index in [9.17, 15) is 18.0 Å². The van der Waals surface area contributed by atoms with Crippen molar-refractivity contribution >= 4 is 50.7 Å². The number of carbonyl (C=O) groups excluding carboxylic acids is 2. The largest absolute Gasteiger partial charge is 0.375 e. The maximum atomic E-state index is 13.0. The average molecular weight is 521 g/mol. The fraction of sp³-hybridized carbons (Fsp3) is 0.435. The highest BCUT2D eigenvalue weighted by atomic mass is 32.2. The summed E-state index contributed by atoms with van der Waals surface area (Å²) < 4.78 is 28.0. The molecule has 2 aromatic carbocycles. The Bertz CT molecular complexity index is 1160. The van der Waals surface area contributed by atoms with Crippen molar-refractivity contribution in [1.29, 1.82) is 0 Å². The van der Waals surface area contributed by atoms with E-state index in [1.807, 2.05) is 30.5 Å². The van der Waals surface area contributed by atoms with Crippen LogP contribution in [-0.2, 0) is 19.6 Å². The number of hydrogen-bond acceptors (Lipinski definition) is 7. The second-order valence-electron chi connectivity index (χ2n) is 8.22. The van der Waals surface area contributed by atoms with Gasteiger partial charge in [0.25, 0.3) is 0 Å². The number of nitrogens with one attached hydrogen (secondary N) is 3. The summed E-state index contributed by atoms with van der Waals surface area (Å²) in [5.41, 5.74) is 0. The normalized spacial score (nSPS) is 18.3. The van der Waals surface area contributed by atoms with Gasteiger partial charge in [0, 0.05) is 24.9 Å². The molecular weight excluding hydrogens is 488 g/mol. The number of hydrazone groups is 1. The summed E-state index contributed by atoms with van der Waals surface area (Å²) >= 11 is 1.59. The van der Waals surface area contributed by atoms with E-state index in [2.05, 4.69) is 20.5 Å². The third-order valence-electron chi connectivity index (χ3n) is 5.88. The third kappa shape index (κ3) is 7.33. The predicted octanol–water partition coefficient (Wildman–Crippen LogP) is 0.839. The van der Waals surface area contributed by atoms with Crippen molar-refractivity contribution in [3.63, 3.8) is 0 Å². The molecule has 1 unspecified atom stereocenters. The molecule has 1 heterocycles. The monoisotopic (exact) mass is 520 g/mol. The first-order chi connectivity index (χ1) is 16.9. The van der Waals surface area contributed by atoms with E-state index in [1.165, 1.54) is 17.3 Å². The molecule has 10 nitrogen and oxygen atoms in total. The van der Waals surface area contributed by atoms with Crippen LogP contribution in [0.3, 0.4) is 0 Å². The van der Waals surface area contributed by atoms with Crippen LogP contribution in [0.1, 0.15) is 19.3 Å². The van der Waals surface area contributed by atoms with Gasteiger partial charge in [0.05, 0.1) is 11.4 Å². The summed E-state index contributed by atoms with van der Waals surface area (Å²) in [6.45, 7) is 1.17. The van der Waals surface area contributed by atoms with Gasteiger partial charge < -0.3 is 21.4 Å². The molecule has 2 atom stereocenters. The Labute approximate surface area is 210 Å². The van der Waals surface area contributed by atoms with Crippen molar-refractivity contribution in [2.24, 2.45) is 10.9 Å². The lowest BCUT2D eigenvalue weighted by molar-refractivity contribution is -0.137. The van der Waals surface area contributed by atoms with Gasteiger partial charge >= 0.3 is 0 Å². The van der Waals surface area contributed by atoms with E-state index in [0.717, 1.165) is 23.6 Å². The Morgan fingerprint density at radius 2 is 1.91 bits per heavy atom. The molecule has 0 saturated carbocycles.